The van der Waals surface area contributed by atoms with Crippen LogP contribution in [0, 0.1) is 0 Å². The summed E-state index contributed by atoms with van der Waals surface area (Å²) >= 11 is 5.83. The summed E-state index contributed by atoms with van der Waals surface area (Å²) in [7, 11) is 0. The minimum atomic E-state index is -1.14. The van der Waals surface area contributed by atoms with E-state index in [0.29, 0.717) is 0 Å². The first kappa shape index (κ1) is 15.6. The Morgan fingerprint density at radius 2 is 2.05 bits per heavy atom. The molecule has 0 fully saturated rings. The van der Waals surface area contributed by atoms with E-state index in [1.165, 1.54) is 18.2 Å². The lowest BCUT2D eigenvalue weighted by Gasteiger charge is -2.09. The number of nitrogens with two attached hydrogens (primary N) is 1. The fourth-order valence-corrected chi connectivity index (χ4v) is 1.40. The highest BCUT2D eigenvalue weighted by Gasteiger charge is 2.09. The number of carbonyl (C=O) groups excluding carboxylic acids is 2. The SMILES string of the molecule is NC(=O)OCCNC(=O)Nc1cc(C(=O)O)ccc1Cl. The fourth-order valence-electron chi connectivity index (χ4n) is 1.24. The van der Waals surface area contributed by atoms with Gasteiger partial charge in [0.05, 0.1) is 22.8 Å². The third-order valence-electron chi connectivity index (χ3n) is 2.09. The van der Waals surface area contributed by atoms with Gasteiger partial charge in [-0.1, -0.05) is 11.6 Å². The summed E-state index contributed by atoms with van der Waals surface area (Å²) in [4.78, 5) is 32.6. The fraction of sp³-hybridized carbons (Fsp3) is 0.182. The number of benzene rings is 1. The molecule has 0 aliphatic rings. The molecule has 0 aromatic heterocycles. The van der Waals surface area contributed by atoms with E-state index in [1.54, 1.807) is 0 Å². The average Bonchev–Trinajstić information content (AvgIpc) is 2.37. The molecule has 1 aromatic rings. The zero-order chi connectivity index (χ0) is 15.1. The molecule has 1 aromatic carbocycles. The number of ether oxygens (including phenoxy) is 1. The van der Waals surface area contributed by atoms with E-state index in [2.05, 4.69) is 15.4 Å². The van der Waals surface area contributed by atoms with Crippen molar-refractivity contribution >= 4 is 35.4 Å². The molecule has 0 saturated heterocycles. The Hall–Kier alpha value is -2.48. The van der Waals surface area contributed by atoms with Crippen LogP contribution in [-0.2, 0) is 4.74 Å². The quantitative estimate of drug-likeness (QED) is 0.608. The van der Waals surface area contributed by atoms with Gasteiger partial charge in [0, 0.05) is 0 Å². The van der Waals surface area contributed by atoms with E-state index in [0.717, 1.165) is 0 Å². The van der Waals surface area contributed by atoms with Gasteiger partial charge in [-0.25, -0.2) is 14.4 Å². The highest BCUT2D eigenvalue weighted by molar-refractivity contribution is 6.33. The number of primary amides is 1. The average molecular weight is 302 g/mol. The largest absolute Gasteiger partial charge is 0.478 e. The second-order valence-electron chi connectivity index (χ2n) is 3.55. The Kier molecular flexibility index (Phi) is 5.60. The summed E-state index contributed by atoms with van der Waals surface area (Å²) in [6.07, 6.45) is -0.940. The molecule has 5 N–H and O–H groups in total. The van der Waals surface area contributed by atoms with Crippen LogP contribution >= 0.6 is 11.6 Å². The van der Waals surface area contributed by atoms with Crippen LogP contribution in [-0.4, -0.2) is 36.4 Å². The second kappa shape index (κ2) is 7.19. The van der Waals surface area contributed by atoms with Gasteiger partial charge < -0.3 is 26.2 Å². The molecule has 0 aliphatic carbocycles. The molecule has 0 saturated carbocycles. The number of carboxylic acid groups (broad SMARTS) is 1. The van der Waals surface area contributed by atoms with Crippen molar-refractivity contribution < 1.29 is 24.2 Å². The number of rotatable bonds is 5. The molecule has 3 amide bonds. The molecule has 0 atom stereocenters. The number of nitrogens with one attached hydrogen (secondary N) is 2. The standard InChI is InChI=1S/C11H12ClN3O5/c12-7-2-1-6(9(16)17)5-8(7)15-11(19)14-3-4-20-10(13)18/h1-2,5H,3-4H2,(H2,13,18)(H,16,17)(H2,14,15,19). The van der Waals surface area contributed by atoms with Gasteiger partial charge >= 0.3 is 18.1 Å². The first-order chi connectivity index (χ1) is 9.40. The summed E-state index contributed by atoms with van der Waals surface area (Å²) in [6.45, 7) is -0.0311. The minimum absolute atomic E-state index is 0.0123. The minimum Gasteiger partial charge on any atom is -0.478 e. The number of aromatic carboxylic acids is 1. The lowest BCUT2D eigenvalue weighted by atomic mass is 10.2. The number of hydrogen-bond acceptors (Lipinski definition) is 4. The van der Waals surface area contributed by atoms with E-state index < -0.39 is 18.1 Å². The van der Waals surface area contributed by atoms with E-state index in [4.69, 9.17) is 22.4 Å². The Morgan fingerprint density at radius 3 is 2.65 bits per heavy atom. The topological polar surface area (TPSA) is 131 Å². The van der Waals surface area contributed by atoms with Gasteiger partial charge in [0.2, 0.25) is 0 Å². The molecule has 108 valence electrons. The molecule has 8 nitrogen and oxygen atoms in total. The van der Waals surface area contributed by atoms with Crippen molar-refractivity contribution in [3.63, 3.8) is 0 Å². The lowest BCUT2D eigenvalue weighted by molar-refractivity contribution is 0.0697. The first-order valence-electron chi connectivity index (χ1n) is 5.40. The van der Waals surface area contributed by atoms with Crippen molar-refractivity contribution in [3.8, 4) is 0 Å². The van der Waals surface area contributed by atoms with Crippen LogP contribution in [0.15, 0.2) is 18.2 Å². The highest BCUT2D eigenvalue weighted by Crippen LogP contribution is 2.22. The Morgan fingerprint density at radius 1 is 1.35 bits per heavy atom. The van der Waals surface area contributed by atoms with Crippen LogP contribution in [0.2, 0.25) is 5.02 Å². The third kappa shape index (κ3) is 5.02. The zero-order valence-electron chi connectivity index (χ0n) is 10.2. The maximum absolute atomic E-state index is 11.5. The number of carbonyl (C=O) groups is 3. The number of carboxylic acids is 1. The van der Waals surface area contributed by atoms with Crippen molar-refractivity contribution in [2.24, 2.45) is 5.73 Å². The van der Waals surface area contributed by atoms with Gasteiger partial charge in [-0.2, -0.15) is 0 Å². The van der Waals surface area contributed by atoms with Crippen molar-refractivity contribution in [2.45, 2.75) is 0 Å². The number of hydrogen-bond donors (Lipinski definition) is 4. The summed E-state index contributed by atoms with van der Waals surface area (Å²) in [5.74, 6) is -1.14. The normalized spacial score (nSPS) is 9.65. The zero-order valence-corrected chi connectivity index (χ0v) is 10.9. The Bertz CT molecular complexity index is 535. The molecular weight excluding hydrogens is 290 g/mol. The molecule has 1 rings (SSSR count). The van der Waals surface area contributed by atoms with Crippen LogP contribution < -0.4 is 16.4 Å². The summed E-state index contributed by atoms with van der Waals surface area (Å²) in [6, 6.07) is 3.28. The van der Waals surface area contributed by atoms with Crippen molar-refractivity contribution in [1.29, 1.82) is 0 Å². The van der Waals surface area contributed by atoms with Crippen LogP contribution in [0.1, 0.15) is 10.4 Å². The van der Waals surface area contributed by atoms with Crippen molar-refractivity contribution in [1.82, 2.24) is 5.32 Å². The van der Waals surface area contributed by atoms with E-state index >= 15 is 0 Å². The molecule has 0 heterocycles. The predicted octanol–water partition coefficient (Wildman–Crippen LogP) is 1.26. The summed E-state index contributed by atoms with van der Waals surface area (Å²) < 4.78 is 4.41. The molecule has 0 radical (unpaired) electrons. The van der Waals surface area contributed by atoms with Crippen molar-refractivity contribution in [3.05, 3.63) is 28.8 Å². The molecule has 0 spiro atoms. The number of anilines is 1. The first-order valence-corrected chi connectivity index (χ1v) is 5.78. The van der Waals surface area contributed by atoms with Crippen LogP contribution in [0.3, 0.4) is 0 Å². The predicted molar refractivity (Wildman–Crippen MR) is 71.0 cm³/mol. The van der Waals surface area contributed by atoms with Gasteiger partial charge in [0.15, 0.2) is 0 Å². The van der Waals surface area contributed by atoms with Gasteiger partial charge in [-0.15, -0.1) is 0 Å². The maximum atomic E-state index is 11.5. The highest BCUT2D eigenvalue weighted by atomic mass is 35.5. The Labute approximate surface area is 118 Å². The van der Waals surface area contributed by atoms with Gasteiger partial charge in [-0.3, -0.25) is 0 Å². The van der Waals surface area contributed by atoms with Crippen LogP contribution in [0.4, 0.5) is 15.3 Å². The van der Waals surface area contributed by atoms with Crippen LogP contribution in [0.5, 0.6) is 0 Å². The van der Waals surface area contributed by atoms with Gasteiger partial charge in [-0.05, 0) is 18.2 Å². The lowest BCUT2D eigenvalue weighted by Crippen LogP contribution is -2.32. The van der Waals surface area contributed by atoms with E-state index in [-0.39, 0.29) is 29.4 Å². The second-order valence-corrected chi connectivity index (χ2v) is 3.96. The number of amides is 3. The monoisotopic (exact) mass is 301 g/mol. The van der Waals surface area contributed by atoms with E-state index in [1.807, 2.05) is 0 Å². The summed E-state index contributed by atoms with van der Waals surface area (Å²) in [5, 5.41) is 13.8. The molecule has 0 bridgehead atoms. The molecule has 0 aliphatic heterocycles. The summed E-state index contributed by atoms with van der Waals surface area (Å²) in [5.41, 5.74) is 4.88. The molecule has 9 heteroatoms. The van der Waals surface area contributed by atoms with Gasteiger partial charge in [0.25, 0.3) is 0 Å². The van der Waals surface area contributed by atoms with Crippen LogP contribution in [0.25, 0.3) is 0 Å². The molecule has 0 unspecified atom stereocenters. The maximum Gasteiger partial charge on any atom is 0.404 e. The Balaban J connectivity index is 2.55. The van der Waals surface area contributed by atoms with Crippen molar-refractivity contribution in [2.75, 3.05) is 18.5 Å². The molecular formula is C11H12ClN3O5. The number of urea groups is 1. The van der Waals surface area contributed by atoms with Gasteiger partial charge in [0.1, 0.15) is 6.61 Å². The smallest absolute Gasteiger partial charge is 0.404 e. The van der Waals surface area contributed by atoms with E-state index in [9.17, 15) is 14.4 Å². The molecule has 20 heavy (non-hydrogen) atoms. The third-order valence-corrected chi connectivity index (χ3v) is 2.42. The number of halogens is 1.